The Morgan fingerprint density at radius 1 is 1.03 bits per heavy atom. The second kappa shape index (κ2) is 9.75. The van der Waals surface area contributed by atoms with Crippen molar-refractivity contribution in [1.29, 1.82) is 0 Å². The number of benzene rings is 2. The van der Waals surface area contributed by atoms with Crippen LogP contribution in [-0.2, 0) is 13.0 Å². The molecule has 0 bridgehead atoms. The van der Waals surface area contributed by atoms with Crippen molar-refractivity contribution in [3.05, 3.63) is 65.2 Å². The minimum atomic E-state index is -0.427. The van der Waals surface area contributed by atoms with Crippen molar-refractivity contribution < 1.29 is 9.84 Å². The van der Waals surface area contributed by atoms with Crippen LogP contribution in [0.4, 0.5) is 0 Å². The molecule has 4 rings (SSSR count). The van der Waals surface area contributed by atoms with Gasteiger partial charge in [-0.2, -0.15) is 0 Å². The Hall–Kier alpha value is -1.88. The first-order valence-corrected chi connectivity index (χ1v) is 11.2. The van der Waals surface area contributed by atoms with E-state index in [0.717, 1.165) is 63.5 Å². The molecule has 4 heteroatoms. The molecule has 0 spiro atoms. The van der Waals surface area contributed by atoms with Gasteiger partial charge < -0.3 is 14.7 Å². The summed E-state index contributed by atoms with van der Waals surface area (Å²) in [7, 11) is 0. The minimum absolute atomic E-state index is 0.427. The van der Waals surface area contributed by atoms with Gasteiger partial charge in [0, 0.05) is 19.6 Å². The fourth-order valence-corrected chi connectivity index (χ4v) is 4.66. The molecule has 156 valence electrons. The van der Waals surface area contributed by atoms with Crippen molar-refractivity contribution in [1.82, 2.24) is 9.80 Å². The topological polar surface area (TPSA) is 35.9 Å². The highest BCUT2D eigenvalue weighted by Gasteiger charge is 2.30. The summed E-state index contributed by atoms with van der Waals surface area (Å²) in [5.41, 5.74) is 3.69. The maximum atomic E-state index is 10.6. The fraction of sp³-hybridized carbons (Fsp3) is 0.520. The number of likely N-dealkylation sites (tertiary alicyclic amines) is 1. The molecule has 0 saturated carbocycles. The van der Waals surface area contributed by atoms with Crippen molar-refractivity contribution in [3.63, 3.8) is 0 Å². The van der Waals surface area contributed by atoms with E-state index in [2.05, 4.69) is 59.2 Å². The molecule has 1 saturated heterocycles. The third-order valence-corrected chi connectivity index (χ3v) is 6.38. The van der Waals surface area contributed by atoms with Crippen LogP contribution in [0, 0.1) is 5.92 Å². The van der Waals surface area contributed by atoms with Gasteiger partial charge in [-0.1, -0.05) is 49.4 Å². The molecule has 0 aliphatic carbocycles. The Balaban J connectivity index is 1.23. The third kappa shape index (κ3) is 5.00. The maximum absolute atomic E-state index is 10.6. The van der Waals surface area contributed by atoms with Gasteiger partial charge in [0.15, 0.2) is 0 Å². The van der Waals surface area contributed by atoms with E-state index >= 15 is 0 Å². The Kier molecular flexibility index (Phi) is 6.86. The molecule has 0 radical (unpaired) electrons. The lowest BCUT2D eigenvalue weighted by molar-refractivity contribution is -0.00370. The van der Waals surface area contributed by atoms with Crippen LogP contribution >= 0.6 is 0 Å². The SMILES string of the molecule is CCCOc1ccccc1CCN1CCC(CN2Cc3ccccc3C2O)CC1. The quantitative estimate of drug-likeness (QED) is 0.727. The number of hydrogen-bond acceptors (Lipinski definition) is 4. The molecule has 2 aliphatic heterocycles. The van der Waals surface area contributed by atoms with E-state index in [0.29, 0.717) is 5.92 Å². The van der Waals surface area contributed by atoms with Crippen LogP contribution in [0.2, 0.25) is 0 Å². The summed E-state index contributed by atoms with van der Waals surface area (Å²) in [6.07, 6.45) is 4.09. The summed E-state index contributed by atoms with van der Waals surface area (Å²) in [5.74, 6) is 1.72. The first-order chi connectivity index (χ1) is 14.2. The molecule has 2 aliphatic rings. The molecule has 0 aromatic heterocycles. The monoisotopic (exact) mass is 394 g/mol. The van der Waals surface area contributed by atoms with Crippen LogP contribution < -0.4 is 4.74 Å². The number of hydrogen-bond donors (Lipinski definition) is 1. The number of aliphatic hydroxyl groups excluding tert-OH is 1. The Bertz CT molecular complexity index is 786. The lowest BCUT2D eigenvalue weighted by Crippen LogP contribution is -2.39. The molecule has 2 aromatic carbocycles. The summed E-state index contributed by atoms with van der Waals surface area (Å²) in [4.78, 5) is 4.83. The summed E-state index contributed by atoms with van der Waals surface area (Å²) >= 11 is 0. The molecule has 1 atom stereocenters. The number of ether oxygens (including phenoxy) is 1. The zero-order valence-electron chi connectivity index (χ0n) is 17.6. The predicted molar refractivity (Wildman–Crippen MR) is 117 cm³/mol. The lowest BCUT2D eigenvalue weighted by Gasteiger charge is -2.34. The smallest absolute Gasteiger partial charge is 0.134 e. The van der Waals surface area contributed by atoms with Crippen LogP contribution in [0.5, 0.6) is 5.75 Å². The maximum Gasteiger partial charge on any atom is 0.134 e. The average molecular weight is 395 g/mol. The van der Waals surface area contributed by atoms with Gasteiger partial charge in [0.05, 0.1) is 6.61 Å². The van der Waals surface area contributed by atoms with Crippen LogP contribution in [0.1, 0.15) is 49.1 Å². The van der Waals surface area contributed by atoms with Gasteiger partial charge in [-0.3, -0.25) is 4.90 Å². The summed E-state index contributed by atoms with van der Waals surface area (Å²) in [6, 6.07) is 16.8. The molecule has 1 unspecified atom stereocenters. The molecule has 1 fully saturated rings. The number of fused-ring (bicyclic) bond motifs is 1. The number of nitrogens with zero attached hydrogens (tertiary/aromatic N) is 2. The van der Waals surface area contributed by atoms with Crippen molar-refractivity contribution in [2.45, 2.75) is 45.4 Å². The molecular weight excluding hydrogens is 360 g/mol. The normalized spacial score (nSPS) is 20.7. The molecule has 29 heavy (non-hydrogen) atoms. The molecule has 2 heterocycles. The largest absolute Gasteiger partial charge is 0.493 e. The van der Waals surface area contributed by atoms with E-state index in [-0.39, 0.29) is 0 Å². The number of para-hydroxylation sites is 1. The molecule has 1 N–H and O–H groups in total. The highest BCUT2D eigenvalue weighted by atomic mass is 16.5. The van der Waals surface area contributed by atoms with Crippen LogP contribution in [0.3, 0.4) is 0 Å². The van der Waals surface area contributed by atoms with Crippen molar-refractivity contribution in [2.24, 2.45) is 5.92 Å². The van der Waals surface area contributed by atoms with E-state index in [1.165, 1.54) is 24.0 Å². The van der Waals surface area contributed by atoms with Gasteiger partial charge in [-0.05, 0) is 67.4 Å². The van der Waals surface area contributed by atoms with E-state index in [1.807, 2.05) is 6.07 Å². The van der Waals surface area contributed by atoms with Gasteiger partial charge >= 0.3 is 0 Å². The second-order valence-corrected chi connectivity index (χ2v) is 8.49. The zero-order chi connectivity index (χ0) is 20.1. The van der Waals surface area contributed by atoms with E-state index in [9.17, 15) is 5.11 Å². The molecule has 4 nitrogen and oxygen atoms in total. The number of aliphatic hydroxyl groups is 1. The lowest BCUT2D eigenvalue weighted by atomic mass is 9.95. The first kappa shape index (κ1) is 20.4. The highest BCUT2D eigenvalue weighted by Crippen LogP contribution is 2.33. The van der Waals surface area contributed by atoms with Crippen LogP contribution in [-0.4, -0.2) is 47.7 Å². The minimum Gasteiger partial charge on any atom is -0.493 e. The standard InChI is InChI=1S/C25H34N2O2/c1-2-17-29-24-10-6-4-7-21(24)13-16-26-14-11-20(12-15-26)18-27-19-22-8-3-5-9-23(22)25(27)28/h3-10,20,25,28H,2,11-19H2,1H3. The zero-order valence-corrected chi connectivity index (χ0v) is 17.6. The van der Waals surface area contributed by atoms with E-state index in [1.54, 1.807) is 0 Å². The summed E-state index contributed by atoms with van der Waals surface area (Å²) in [6.45, 7) is 8.21. The average Bonchev–Trinajstić information content (AvgIpc) is 3.08. The van der Waals surface area contributed by atoms with E-state index in [4.69, 9.17) is 4.74 Å². The molecule has 2 aromatic rings. The first-order valence-electron chi connectivity index (χ1n) is 11.2. The van der Waals surface area contributed by atoms with Crippen molar-refractivity contribution in [2.75, 3.05) is 32.8 Å². The highest BCUT2D eigenvalue weighted by molar-refractivity contribution is 5.34. The van der Waals surface area contributed by atoms with Gasteiger partial charge in [-0.15, -0.1) is 0 Å². The fourth-order valence-electron chi connectivity index (χ4n) is 4.66. The number of piperidine rings is 1. The molecule has 0 amide bonds. The van der Waals surface area contributed by atoms with Crippen molar-refractivity contribution >= 4 is 0 Å². The number of rotatable bonds is 8. The second-order valence-electron chi connectivity index (χ2n) is 8.49. The summed E-state index contributed by atoms with van der Waals surface area (Å²) < 4.78 is 5.91. The molecular formula is C25H34N2O2. The Morgan fingerprint density at radius 3 is 2.59 bits per heavy atom. The predicted octanol–water partition coefficient (Wildman–Crippen LogP) is 4.24. The third-order valence-electron chi connectivity index (χ3n) is 6.38. The van der Waals surface area contributed by atoms with Crippen LogP contribution in [0.25, 0.3) is 0 Å². The van der Waals surface area contributed by atoms with Gasteiger partial charge in [0.1, 0.15) is 12.0 Å². The van der Waals surface area contributed by atoms with E-state index < -0.39 is 6.23 Å². The van der Waals surface area contributed by atoms with Crippen LogP contribution in [0.15, 0.2) is 48.5 Å². The van der Waals surface area contributed by atoms with Gasteiger partial charge in [0.25, 0.3) is 0 Å². The summed E-state index contributed by atoms with van der Waals surface area (Å²) in [5, 5.41) is 10.6. The van der Waals surface area contributed by atoms with Gasteiger partial charge in [-0.25, -0.2) is 0 Å². The van der Waals surface area contributed by atoms with Gasteiger partial charge in [0.2, 0.25) is 0 Å². The van der Waals surface area contributed by atoms with Crippen molar-refractivity contribution in [3.8, 4) is 5.75 Å². The Morgan fingerprint density at radius 2 is 1.79 bits per heavy atom. The Labute approximate surface area is 175 Å².